The molecule has 0 saturated carbocycles. The van der Waals surface area contributed by atoms with E-state index >= 15 is 0 Å². The second-order valence-corrected chi connectivity index (χ2v) is 4.09. The highest BCUT2D eigenvalue weighted by molar-refractivity contribution is 6.06. The van der Waals surface area contributed by atoms with Crippen molar-refractivity contribution in [3.8, 4) is 0 Å². The van der Waals surface area contributed by atoms with Crippen molar-refractivity contribution in [3.63, 3.8) is 0 Å². The maximum atomic E-state index is 12.2. The summed E-state index contributed by atoms with van der Waals surface area (Å²) in [7, 11) is 1.68. The number of ether oxygens (including phenoxy) is 1. The average molecular weight is 245 g/mol. The minimum atomic E-state index is -0.963. The predicted molar refractivity (Wildman–Crippen MR) is 65.9 cm³/mol. The maximum Gasteiger partial charge on any atom is 0.236 e. The summed E-state index contributed by atoms with van der Waals surface area (Å²) in [6.45, 7) is 6.98. The van der Waals surface area contributed by atoms with Crippen LogP contribution in [0.1, 0.15) is 27.2 Å². The highest BCUT2D eigenvalue weighted by atomic mass is 16.5. The van der Waals surface area contributed by atoms with Crippen molar-refractivity contribution in [1.29, 1.82) is 0 Å². The van der Waals surface area contributed by atoms with Crippen molar-refractivity contribution in [2.45, 2.75) is 27.2 Å². The zero-order chi connectivity index (χ0) is 13.5. The third kappa shape index (κ3) is 3.89. The number of nitrogens with zero attached hydrogens (tertiary/aromatic N) is 2. The Hall–Kier alpha value is -1.30. The van der Waals surface area contributed by atoms with Crippen LogP contribution in [-0.2, 0) is 9.53 Å². The van der Waals surface area contributed by atoms with Crippen molar-refractivity contribution < 1.29 is 14.7 Å². The molecule has 1 unspecified atom stereocenters. The Morgan fingerprint density at radius 1 is 1.53 bits per heavy atom. The van der Waals surface area contributed by atoms with E-state index in [1.54, 1.807) is 14.0 Å². The molecule has 3 N–H and O–H groups in total. The monoisotopic (exact) mass is 245 g/mol. The van der Waals surface area contributed by atoms with Gasteiger partial charge < -0.3 is 20.6 Å². The number of carbonyl (C=O) groups excluding carboxylic acids is 1. The van der Waals surface area contributed by atoms with Crippen LogP contribution >= 0.6 is 0 Å². The van der Waals surface area contributed by atoms with Gasteiger partial charge in [0.2, 0.25) is 5.91 Å². The van der Waals surface area contributed by atoms with Gasteiger partial charge in [-0.15, -0.1) is 0 Å². The van der Waals surface area contributed by atoms with Crippen molar-refractivity contribution >= 4 is 11.7 Å². The molecule has 0 fully saturated rings. The van der Waals surface area contributed by atoms with Crippen molar-refractivity contribution in [1.82, 2.24) is 4.90 Å². The summed E-state index contributed by atoms with van der Waals surface area (Å²) in [6.07, 6.45) is 0.473. The summed E-state index contributed by atoms with van der Waals surface area (Å²) in [4.78, 5) is 13.7. The topological polar surface area (TPSA) is 88.2 Å². The van der Waals surface area contributed by atoms with Gasteiger partial charge in [-0.3, -0.25) is 4.79 Å². The Labute approximate surface area is 102 Å². The third-order valence-electron chi connectivity index (χ3n) is 2.97. The number of rotatable bonds is 7. The van der Waals surface area contributed by atoms with Crippen LogP contribution in [0.3, 0.4) is 0 Å². The van der Waals surface area contributed by atoms with Crippen LogP contribution in [0.5, 0.6) is 0 Å². The molecule has 0 aliphatic heterocycles. The minimum absolute atomic E-state index is 0.0618. The number of nitrogens with two attached hydrogens (primary N) is 1. The molecule has 0 spiro atoms. The summed E-state index contributed by atoms with van der Waals surface area (Å²) in [5.41, 5.74) is 4.61. The lowest BCUT2D eigenvalue weighted by Crippen LogP contribution is -2.48. The summed E-state index contributed by atoms with van der Waals surface area (Å²) in [6, 6.07) is 0. The first-order valence-electron chi connectivity index (χ1n) is 5.75. The van der Waals surface area contributed by atoms with Gasteiger partial charge in [0.05, 0.1) is 6.61 Å². The maximum absolute atomic E-state index is 12.2. The summed E-state index contributed by atoms with van der Waals surface area (Å²) in [5, 5.41) is 11.7. The van der Waals surface area contributed by atoms with Gasteiger partial charge in [0.1, 0.15) is 5.41 Å². The molecule has 0 rings (SSSR count). The summed E-state index contributed by atoms with van der Waals surface area (Å²) < 4.78 is 5.18. The Bertz CT molecular complexity index is 281. The first-order chi connectivity index (χ1) is 7.93. The lowest BCUT2D eigenvalue weighted by molar-refractivity contribution is -0.137. The van der Waals surface area contributed by atoms with Crippen molar-refractivity contribution in [2.75, 3.05) is 26.8 Å². The molecule has 0 bridgehead atoms. The van der Waals surface area contributed by atoms with Gasteiger partial charge in [0.25, 0.3) is 0 Å². The van der Waals surface area contributed by atoms with E-state index in [0.29, 0.717) is 26.2 Å². The van der Waals surface area contributed by atoms with E-state index in [-0.39, 0.29) is 11.7 Å². The molecule has 0 aliphatic rings. The van der Waals surface area contributed by atoms with Gasteiger partial charge in [-0.2, -0.15) is 0 Å². The third-order valence-corrected chi connectivity index (χ3v) is 2.97. The Balaban J connectivity index is 4.64. The molecular formula is C11H23N3O3. The molecule has 0 radical (unpaired) electrons. The zero-order valence-corrected chi connectivity index (χ0v) is 11.1. The van der Waals surface area contributed by atoms with E-state index < -0.39 is 5.41 Å². The van der Waals surface area contributed by atoms with Crippen LogP contribution < -0.4 is 5.73 Å². The fraction of sp³-hybridized carbons (Fsp3) is 0.818. The SMILES string of the molecule is CCOCCN(C)C(=O)C(C)(CC)C(N)=NO. The smallest absolute Gasteiger partial charge is 0.236 e. The second-order valence-electron chi connectivity index (χ2n) is 4.09. The number of carbonyl (C=O) groups is 1. The minimum Gasteiger partial charge on any atom is -0.409 e. The molecule has 6 nitrogen and oxygen atoms in total. The van der Waals surface area contributed by atoms with Crippen LogP contribution in [0.15, 0.2) is 5.16 Å². The van der Waals surface area contributed by atoms with E-state index in [4.69, 9.17) is 15.7 Å². The lowest BCUT2D eigenvalue weighted by Gasteiger charge is -2.30. The molecular weight excluding hydrogens is 222 g/mol. The highest BCUT2D eigenvalue weighted by Gasteiger charge is 2.38. The van der Waals surface area contributed by atoms with Crippen molar-refractivity contribution in [2.24, 2.45) is 16.3 Å². The predicted octanol–water partition coefficient (Wildman–Crippen LogP) is 0.644. The average Bonchev–Trinajstić information content (AvgIpc) is 2.35. The Kier molecular flexibility index (Phi) is 6.57. The van der Waals surface area contributed by atoms with Crippen LogP contribution in [0.2, 0.25) is 0 Å². The van der Waals surface area contributed by atoms with Gasteiger partial charge in [-0.25, -0.2) is 0 Å². The highest BCUT2D eigenvalue weighted by Crippen LogP contribution is 2.23. The summed E-state index contributed by atoms with van der Waals surface area (Å²) in [5.74, 6) is -0.233. The number of hydrogen-bond acceptors (Lipinski definition) is 4. The molecule has 1 atom stereocenters. The zero-order valence-electron chi connectivity index (χ0n) is 11.1. The van der Waals surface area contributed by atoms with E-state index in [2.05, 4.69) is 5.16 Å². The molecule has 0 aliphatic carbocycles. The Morgan fingerprint density at radius 2 is 2.12 bits per heavy atom. The van der Waals surface area contributed by atoms with E-state index in [1.807, 2.05) is 13.8 Å². The quantitative estimate of drug-likeness (QED) is 0.226. The van der Waals surface area contributed by atoms with Crippen LogP contribution in [0, 0.1) is 5.41 Å². The number of oxime groups is 1. The Morgan fingerprint density at radius 3 is 2.53 bits per heavy atom. The fourth-order valence-electron chi connectivity index (χ4n) is 1.42. The molecule has 0 heterocycles. The van der Waals surface area contributed by atoms with Crippen LogP contribution in [-0.4, -0.2) is 48.7 Å². The van der Waals surface area contributed by atoms with Gasteiger partial charge >= 0.3 is 0 Å². The first-order valence-corrected chi connectivity index (χ1v) is 5.75. The summed E-state index contributed by atoms with van der Waals surface area (Å²) >= 11 is 0. The van der Waals surface area contributed by atoms with Gasteiger partial charge in [-0.1, -0.05) is 12.1 Å². The lowest BCUT2D eigenvalue weighted by atomic mass is 9.84. The van der Waals surface area contributed by atoms with E-state index in [1.165, 1.54) is 4.90 Å². The number of amides is 1. The largest absolute Gasteiger partial charge is 0.409 e. The number of hydrogen-bond donors (Lipinski definition) is 2. The molecule has 0 saturated heterocycles. The second kappa shape index (κ2) is 7.11. The van der Waals surface area contributed by atoms with Gasteiger partial charge in [-0.05, 0) is 20.3 Å². The van der Waals surface area contributed by atoms with E-state index in [0.717, 1.165) is 0 Å². The molecule has 1 amide bonds. The molecule has 0 aromatic heterocycles. The van der Waals surface area contributed by atoms with Crippen LogP contribution in [0.4, 0.5) is 0 Å². The fourth-order valence-corrected chi connectivity index (χ4v) is 1.42. The van der Waals surface area contributed by atoms with Gasteiger partial charge in [0, 0.05) is 20.2 Å². The molecule has 6 heteroatoms. The van der Waals surface area contributed by atoms with Crippen molar-refractivity contribution in [3.05, 3.63) is 0 Å². The molecule has 100 valence electrons. The standard InChI is InChI=1S/C11H23N3O3/c1-5-11(3,9(12)13-16)10(15)14(4)7-8-17-6-2/h16H,5-8H2,1-4H3,(H2,12,13). The van der Waals surface area contributed by atoms with Gasteiger partial charge in [0.15, 0.2) is 5.84 Å². The molecule has 0 aromatic carbocycles. The molecule has 0 aromatic rings. The number of likely N-dealkylation sites (N-methyl/N-ethyl adjacent to an activating group) is 1. The van der Waals surface area contributed by atoms with E-state index in [9.17, 15) is 4.79 Å². The molecule has 17 heavy (non-hydrogen) atoms. The normalized spacial score (nSPS) is 15.4. The van der Waals surface area contributed by atoms with Crippen LogP contribution in [0.25, 0.3) is 0 Å². The number of amidine groups is 1. The first kappa shape index (κ1) is 15.7.